The summed E-state index contributed by atoms with van der Waals surface area (Å²) in [4.78, 5) is 3.43. The molecule has 0 spiro atoms. The third kappa shape index (κ3) is 2.69. The van der Waals surface area contributed by atoms with E-state index in [9.17, 15) is 0 Å². The SMILES string of the molecule is Cl.c1ccc2[nH]c(-c3cc([C@H]4CCCNC4)[nH]n3)cc2c1. The Balaban J connectivity index is 0.00000132. The fraction of sp³-hybridized carbons (Fsp3) is 0.312. The van der Waals surface area contributed by atoms with Crippen molar-refractivity contribution in [2.75, 3.05) is 13.1 Å². The molecule has 1 aliphatic rings. The van der Waals surface area contributed by atoms with Gasteiger partial charge in [-0.15, -0.1) is 12.4 Å². The number of aromatic nitrogens is 3. The summed E-state index contributed by atoms with van der Waals surface area (Å²) < 4.78 is 0. The van der Waals surface area contributed by atoms with E-state index in [1.807, 2.05) is 6.07 Å². The minimum absolute atomic E-state index is 0. The van der Waals surface area contributed by atoms with E-state index in [-0.39, 0.29) is 12.4 Å². The van der Waals surface area contributed by atoms with E-state index in [0.29, 0.717) is 5.92 Å². The Kier molecular flexibility index (Phi) is 3.99. The lowest BCUT2D eigenvalue weighted by Gasteiger charge is -2.21. The minimum atomic E-state index is 0. The average Bonchev–Trinajstić information content (AvgIpc) is 3.14. The molecule has 3 N–H and O–H groups in total. The molecule has 1 fully saturated rings. The second-order valence-electron chi connectivity index (χ2n) is 5.52. The predicted octanol–water partition coefficient (Wildman–Crippen LogP) is 3.45. The van der Waals surface area contributed by atoms with E-state index in [1.54, 1.807) is 0 Å². The first kappa shape index (κ1) is 14.2. The molecule has 1 saturated heterocycles. The maximum absolute atomic E-state index is 4.47. The standard InChI is InChI=1S/C16H18N4.ClH/c1-2-6-13-11(4-1)8-15(18-13)16-9-14(19-20-16)12-5-3-7-17-10-12;/h1-2,4,6,8-9,12,17-18H,3,5,7,10H2,(H,19,20);1H/t12-;/m0./s1. The van der Waals surface area contributed by atoms with E-state index in [2.05, 4.69) is 50.8 Å². The zero-order chi connectivity index (χ0) is 13.4. The molecule has 21 heavy (non-hydrogen) atoms. The van der Waals surface area contributed by atoms with Crippen molar-refractivity contribution in [1.82, 2.24) is 20.5 Å². The molecule has 1 atom stereocenters. The van der Waals surface area contributed by atoms with Gasteiger partial charge in [0, 0.05) is 29.1 Å². The van der Waals surface area contributed by atoms with Crippen molar-refractivity contribution >= 4 is 23.3 Å². The van der Waals surface area contributed by atoms with Crippen LogP contribution >= 0.6 is 12.4 Å². The van der Waals surface area contributed by atoms with Gasteiger partial charge in [0.2, 0.25) is 0 Å². The lowest BCUT2D eigenvalue weighted by Crippen LogP contribution is -2.28. The molecule has 4 rings (SSSR count). The number of piperidine rings is 1. The number of hydrogen-bond acceptors (Lipinski definition) is 2. The van der Waals surface area contributed by atoms with Crippen molar-refractivity contribution in [3.05, 3.63) is 42.1 Å². The molecule has 0 aliphatic carbocycles. The van der Waals surface area contributed by atoms with Crippen LogP contribution in [0, 0.1) is 0 Å². The number of H-pyrrole nitrogens is 2. The monoisotopic (exact) mass is 302 g/mol. The van der Waals surface area contributed by atoms with Crippen LogP contribution < -0.4 is 5.32 Å². The Morgan fingerprint density at radius 3 is 2.86 bits per heavy atom. The maximum Gasteiger partial charge on any atom is 0.109 e. The fourth-order valence-corrected chi connectivity index (χ4v) is 3.01. The molecule has 3 aromatic rings. The summed E-state index contributed by atoms with van der Waals surface area (Å²) in [5.74, 6) is 0.564. The predicted molar refractivity (Wildman–Crippen MR) is 88.0 cm³/mol. The summed E-state index contributed by atoms with van der Waals surface area (Å²) in [7, 11) is 0. The second kappa shape index (κ2) is 5.92. The first-order valence-corrected chi connectivity index (χ1v) is 7.24. The molecular weight excluding hydrogens is 284 g/mol. The van der Waals surface area contributed by atoms with Crippen LogP contribution in [-0.2, 0) is 0 Å². The second-order valence-corrected chi connectivity index (χ2v) is 5.52. The van der Waals surface area contributed by atoms with Gasteiger partial charge in [0.15, 0.2) is 0 Å². The molecule has 110 valence electrons. The number of nitrogens with one attached hydrogen (secondary N) is 3. The van der Waals surface area contributed by atoms with Crippen LogP contribution in [0.3, 0.4) is 0 Å². The smallest absolute Gasteiger partial charge is 0.109 e. The summed E-state index contributed by atoms with van der Waals surface area (Å²) in [6.07, 6.45) is 2.48. The highest BCUT2D eigenvalue weighted by Crippen LogP contribution is 2.27. The van der Waals surface area contributed by atoms with Gasteiger partial charge in [-0.2, -0.15) is 5.10 Å². The highest BCUT2D eigenvalue weighted by molar-refractivity contribution is 5.85. The van der Waals surface area contributed by atoms with E-state index in [0.717, 1.165) is 30.0 Å². The Morgan fingerprint density at radius 2 is 2.05 bits per heavy atom. The molecule has 4 nitrogen and oxygen atoms in total. The van der Waals surface area contributed by atoms with E-state index in [4.69, 9.17) is 0 Å². The first-order valence-electron chi connectivity index (χ1n) is 7.24. The lowest BCUT2D eigenvalue weighted by atomic mass is 9.96. The number of benzene rings is 1. The normalized spacial score (nSPS) is 18.6. The van der Waals surface area contributed by atoms with Crippen molar-refractivity contribution in [1.29, 1.82) is 0 Å². The number of nitrogens with zero attached hydrogens (tertiary/aromatic N) is 1. The Bertz CT molecular complexity index is 692. The summed E-state index contributed by atoms with van der Waals surface area (Å²) >= 11 is 0. The molecule has 0 radical (unpaired) electrons. The third-order valence-corrected chi connectivity index (χ3v) is 4.14. The van der Waals surface area contributed by atoms with Gasteiger partial charge in [-0.25, -0.2) is 0 Å². The highest BCUT2D eigenvalue weighted by Gasteiger charge is 2.18. The summed E-state index contributed by atoms with van der Waals surface area (Å²) in [6.45, 7) is 2.19. The van der Waals surface area contributed by atoms with E-state index < -0.39 is 0 Å². The maximum atomic E-state index is 4.47. The molecule has 5 heteroatoms. The van der Waals surface area contributed by atoms with Gasteiger partial charge in [-0.05, 0) is 37.6 Å². The van der Waals surface area contributed by atoms with Gasteiger partial charge in [-0.1, -0.05) is 18.2 Å². The molecule has 0 unspecified atom stereocenters. The zero-order valence-corrected chi connectivity index (χ0v) is 12.5. The highest BCUT2D eigenvalue weighted by atomic mass is 35.5. The van der Waals surface area contributed by atoms with Crippen molar-refractivity contribution in [2.45, 2.75) is 18.8 Å². The molecule has 1 aromatic carbocycles. The van der Waals surface area contributed by atoms with Crippen LogP contribution in [0.5, 0.6) is 0 Å². The molecule has 1 aliphatic heterocycles. The van der Waals surface area contributed by atoms with Crippen molar-refractivity contribution in [3.63, 3.8) is 0 Å². The first-order chi connectivity index (χ1) is 9.90. The van der Waals surface area contributed by atoms with Crippen LogP contribution in [0.1, 0.15) is 24.5 Å². The average molecular weight is 303 g/mol. The number of para-hydroxylation sites is 1. The summed E-state index contributed by atoms with van der Waals surface area (Å²) in [5, 5.41) is 12.4. The van der Waals surface area contributed by atoms with Gasteiger partial charge in [0.05, 0.1) is 5.69 Å². The molecule has 2 aromatic heterocycles. The van der Waals surface area contributed by atoms with Gasteiger partial charge in [-0.3, -0.25) is 5.10 Å². The number of fused-ring (bicyclic) bond motifs is 1. The Labute approximate surface area is 129 Å². The Morgan fingerprint density at radius 1 is 1.14 bits per heavy atom. The van der Waals surface area contributed by atoms with Crippen LogP contribution in [0.2, 0.25) is 0 Å². The topological polar surface area (TPSA) is 56.5 Å². The van der Waals surface area contributed by atoms with Gasteiger partial charge < -0.3 is 10.3 Å². The molecule has 0 bridgehead atoms. The lowest BCUT2D eigenvalue weighted by molar-refractivity contribution is 0.454. The van der Waals surface area contributed by atoms with Crippen molar-refractivity contribution in [2.24, 2.45) is 0 Å². The summed E-state index contributed by atoms with van der Waals surface area (Å²) in [6, 6.07) is 12.7. The van der Waals surface area contributed by atoms with Crippen molar-refractivity contribution in [3.8, 4) is 11.4 Å². The summed E-state index contributed by atoms with van der Waals surface area (Å²) in [5.41, 5.74) is 4.48. The third-order valence-electron chi connectivity index (χ3n) is 4.14. The minimum Gasteiger partial charge on any atom is -0.353 e. The fourth-order valence-electron chi connectivity index (χ4n) is 3.01. The van der Waals surface area contributed by atoms with Gasteiger partial charge in [0.25, 0.3) is 0 Å². The van der Waals surface area contributed by atoms with E-state index >= 15 is 0 Å². The molecule has 0 saturated carbocycles. The molecule has 0 amide bonds. The van der Waals surface area contributed by atoms with Crippen LogP contribution in [0.25, 0.3) is 22.3 Å². The quantitative estimate of drug-likeness (QED) is 0.679. The van der Waals surface area contributed by atoms with Crippen LogP contribution in [0.4, 0.5) is 0 Å². The number of aromatic amines is 2. The zero-order valence-electron chi connectivity index (χ0n) is 11.7. The number of rotatable bonds is 2. The molecule has 3 heterocycles. The van der Waals surface area contributed by atoms with Gasteiger partial charge >= 0.3 is 0 Å². The molecular formula is C16H19ClN4. The van der Waals surface area contributed by atoms with Crippen LogP contribution in [-0.4, -0.2) is 28.3 Å². The largest absolute Gasteiger partial charge is 0.353 e. The number of hydrogen-bond donors (Lipinski definition) is 3. The Hall–Kier alpha value is -1.78. The van der Waals surface area contributed by atoms with Crippen molar-refractivity contribution < 1.29 is 0 Å². The van der Waals surface area contributed by atoms with Gasteiger partial charge in [0.1, 0.15) is 5.69 Å². The number of halogens is 1. The van der Waals surface area contributed by atoms with E-state index in [1.165, 1.54) is 23.9 Å². The van der Waals surface area contributed by atoms with Crippen LogP contribution in [0.15, 0.2) is 36.4 Å².